The summed E-state index contributed by atoms with van der Waals surface area (Å²) in [5.41, 5.74) is 8.46. The minimum absolute atomic E-state index is 0.211. The fourth-order valence-corrected chi connectivity index (χ4v) is 1.93. The largest absolute Gasteiger partial charge is 0.492 e. The topological polar surface area (TPSA) is 77.2 Å². The van der Waals surface area contributed by atoms with Crippen molar-refractivity contribution in [2.24, 2.45) is 5.73 Å². The molecule has 1 aromatic heterocycles. The first kappa shape index (κ1) is 15.0. The summed E-state index contributed by atoms with van der Waals surface area (Å²) in [5, 5.41) is 2.86. The van der Waals surface area contributed by atoms with Crippen LogP contribution in [0.5, 0.6) is 5.75 Å². The molecule has 0 bridgehead atoms. The second-order valence-electron chi connectivity index (χ2n) is 4.63. The predicted octanol–water partition coefficient (Wildman–Crippen LogP) is 2.50. The lowest BCUT2D eigenvalue weighted by Crippen LogP contribution is -2.14. The van der Waals surface area contributed by atoms with E-state index in [-0.39, 0.29) is 5.91 Å². The molecule has 0 saturated heterocycles. The van der Waals surface area contributed by atoms with Gasteiger partial charge in [0, 0.05) is 18.3 Å². The molecule has 2 aromatic rings. The van der Waals surface area contributed by atoms with Crippen LogP contribution in [0.15, 0.2) is 36.5 Å². The minimum Gasteiger partial charge on any atom is -0.492 e. The van der Waals surface area contributed by atoms with Crippen molar-refractivity contribution in [2.75, 3.05) is 11.9 Å². The van der Waals surface area contributed by atoms with Crippen molar-refractivity contribution >= 4 is 11.6 Å². The van der Waals surface area contributed by atoms with Crippen LogP contribution >= 0.6 is 0 Å². The van der Waals surface area contributed by atoms with E-state index >= 15 is 0 Å². The zero-order chi connectivity index (χ0) is 15.2. The average molecular weight is 285 g/mol. The second kappa shape index (κ2) is 6.85. The van der Waals surface area contributed by atoms with Gasteiger partial charge >= 0.3 is 0 Å². The van der Waals surface area contributed by atoms with Crippen LogP contribution in [0.3, 0.4) is 0 Å². The first-order chi connectivity index (χ1) is 10.1. The number of hydrogen-bond acceptors (Lipinski definition) is 4. The van der Waals surface area contributed by atoms with Gasteiger partial charge < -0.3 is 15.8 Å². The van der Waals surface area contributed by atoms with E-state index in [1.807, 2.05) is 32.0 Å². The highest BCUT2D eigenvalue weighted by molar-refractivity contribution is 6.05. The maximum Gasteiger partial charge on any atom is 0.255 e. The maximum absolute atomic E-state index is 12.3. The first-order valence-corrected chi connectivity index (χ1v) is 6.84. The summed E-state index contributed by atoms with van der Waals surface area (Å²) in [6.07, 6.45) is 1.58. The van der Waals surface area contributed by atoms with Gasteiger partial charge in [-0.3, -0.25) is 9.78 Å². The van der Waals surface area contributed by atoms with Gasteiger partial charge in [-0.2, -0.15) is 0 Å². The predicted molar refractivity (Wildman–Crippen MR) is 82.4 cm³/mol. The van der Waals surface area contributed by atoms with Crippen LogP contribution in [0.4, 0.5) is 5.69 Å². The van der Waals surface area contributed by atoms with Crippen LogP contribution in [0.1, 0.15) is 28.5 Å². The van der Waals surface area contributed by atoms with Crippen LogP contribution in [0.2, 0.25) is 0 Å². The van der Waals surface area contributed by atoms with Crippen molar-refractivity contribution in [2.45, 2.75) is 20.4 Å². The SMILES string of the molecule is CCOc1cc(C)ccc1NC(=O)c1ccnc(CN)c1. The Morgan fingerprint density at radius 2 is 2.14 bits per heavy atom. The van der Waals surface area contributed by atoms with Gasteiger partial charge in [-0.05, 0) is 43.7 Å². The smallest absolute Gasteiger partial charge is 0.255 e. The fourth-order valence-electron chi connectivity index (χ4n) is 1.93. The Bertz CT molecular complexity index is 641. The molecule has 5 heteroatoms. The summed E-state index contributed by atoms with van der Waals surface area (Å²) in [6.45, 7) is 4.73. The van der Waals surface area contributed by atoms with E-state index in [9.17, 15) is 4.79 Å². The van der Waals surface area contributed by atoms with Crippen LogP contribution in [-0.4, -0.2) is 17.5 Å². The highest BCUT2D eigenvalue weighted by Crippen LogP contribution is 2.26. The number of rotatable bonds is 5. The Balaban J connectivity index is 2.22. The van der Waals surface area contributed by atoms with Gasteiger partial charge in [0.15, 0.2) is 0 Å². The monoisotopic (exact) mass is 285 g/mol. The number of anilines is 1. The number of hydrogen-bond donors (Lipinski definition) is 2. The summed E-state index contributed by atoms with van der Waals surface area (Å²) < 4.78 is 5.55. The van der Waals surface area contributed by atoms with E-state index in [1.165, 1.54) is 0 Å². The molecule has 5 nitrogen and oxygen atoms in total. The lowest BCUT2D eigenvalue weighted by molar-refractivity contribution is 0.102. The van der Waals surface area contributed by atoms with E-state index in [0.717, 1.165) is 5.56 Å². The quantitative estimate of drug-likeness (QED) is 0.885. The van der Waals surface area contributed by atoms with Gasteiger partial charge in [-0.15, -0.1) is 0 Å². The molecule has 0 radical (unpaired) electrons. The van der Waals surface area contributed by atoms with E-state index in [0.29, 0.717) is 35.8 Å². The molecule has 21 heavy (non-hydrogen) atoms. The van der Waals surface area contributed by atoms with E-state index < -0.39 is 0 Å². The lowest BCUT2D eigenvalue weighted by Gasteiger charge is -2.12. The van der Waals surface area contributed by atoms with Crippen LogP contribution in [0, 0.1) is 6.92 Å². The zero-order valence-corrected chi connectivity index (χ0v) is 12.2. The van der Waals surface area contributed by atoms with Crippen molar-refractivity contribution in [3.05, 3.63) is 53.3 Å². The Morgan fingerprint density at radius 3 is 2.86 bits per heavy atom. The van der Waals surface area contributed by atoms with E-state index in [1.54, 1.807) is 18.3 Å². The van der Waals surface area contributed by atoms with Crippen LogP contribution in [0.25, 0.3) is 0 Å². The van der Waals surface area contributed by atoms with Crippen molar-refractivity contribution in [3.63, 3.8) is 0 Å². The number of carbonyl (C=O) groups excluding carboxylic acids is 1. The number of aryl methyl sites for hydroxylation is 1. The molecular weight excluding hydrogens is 266 g/mol. The first-order valence-electron chi connectivity index (χ1n) is 6.84. The van der Waals surface area contributed by atoms with Gasteiger partial charge in [0.2, 0.25) is 0 Å². The zero-order valence-electron chi connectivity index (χ0n) is 12.2. The summed E-state index contributed by atoms with van der Waals surface area (Å²) in [4.78, 5) is 16.4. The Labute approximate surface area is 124 Å². The molecular formula is C16H19N3O2. The third-order valence-electron chi connectivity index (χ3n) is 2.97. The molecule has 0 fully saturated rings. The highest BCUT2D eigenvalue weighted by atomic mass is 16.5. The van der Waals surface area contributed by atoms with E-state index in [2.05, 4.69) is 10.3 Å². The van der Waals surface area contributed by atoms with Crippen LogP contribution < -0.4 is 15.8 Å². The van der Waals surface area contributed by atoms with Gasteiger partial charge in [0.05, 0.1) is 18.0 Å². The number of benzene rings is 1. The van der Waals surface area contributed by atoms with Crippen molar-refractivity contribution in [1.82, 2.24) is 4.98 Å². The summed E-state index contributed by atoms with van der Waals surface area (Å²) in [6, 6.07) is 9.00. The van der Waals surface area contributed by atoms with Gasteiger partial charge in [0.1, 0.15) is 5.75 Å². The number of amides is 1. The maximum atomic E-state index is 12.3. The summed E-state index contributed by atoms with van der Waals surface area (Å²) >= 11 is 0. The molecule has 2 rings (SSSR count). The van der Waals surface area contributed by atoms with Crippen molar-refractivity contribution in [1.29, 1.82) is 0 Å². The minimum atomic E-state index is -0.211. The Hall–Kier alpha value is -2.40. The lowest BCUT2D eigenvalue weighted by atomic mass is 10.2. The standard InChI is InChI=1S/C16H19N3O2/c1-3-21-15-8-11(2)4-5-14(15)19-16(20)12-6-7-18-13(9-12)10-17/h4-9H,3,10,17H2,1-2H3,(H,19,20). The molecule has 1 amide bonds. The highest BCUT2D eigenvalue weighted by Gasteiger charge is 2.11. The summed E-state index contributed by atoms with van der Waals surface area (Å²) in [7, 11) is 0. The molecule has 0 aliphatic heterocycles. The molecule has 0 spiro atoms. The number of nitrogens with one attached hydrogen (secondary N) is 1. The number of carbonyl (C=O) groups is 1. The van der Waals surface area contributed by atoms with Gasteiger partial charge in [-0.25, -0.2) is 0 Å². The number of pyridine rings is 1. The molecule has 110 valence electrons. The third kappa shape index (κ3) is 3.79. The van der Waals surface area contributed by atoms with E-state index in [4.69, 9.17) is 10.5 Å². The molecule has 3 N–H and O–H groups in total. The number of aromatic nitrogens is 1. The normalized spacial score (nSPS) is 10.2. The summed E-state index contributed by atoms with van der Waals surface area (Å²) in [5.74, 6) is 0.455. The molecule has 0 atom stereocenters. The molecule has 1 aromatic carbocycles. The molecule has 0 aliphatic carbocycles. The molecule has 0 unspecified atom stereocenters. The third-order valence-corrected chi connectivity index (χ3v) is 2.97. The van der Waals surface area contributed by atoms with Crippen LogP contribution in [-0.2, 0) is 6.54 Å². The fraction of sp³-hybridized carbons (Fsp3) is 0.250. The number of nitrogens with two attached hydrogens (primary N) is 1. The molecule has 0 saturated carbocycles. The van der Waals surface area contributed by atoms with Crippen molar-refractivity contribution in [3.8, 4) is 5.75 Å². The second-order valence-corrected chi connectivity index (χ2v) is 4.63. The number of nitrogens with zero attached hydrogens (tertiary/aromatic N) is 1. The molecule has 1 heterocycles. The average Bonchev–Trinajstić information content (AvgIpc) is 2.50. The Morgan fingerprint density at radius 1 is 1.33 bits per heavy atom. The van der Waals surface area contributed by atoms with Gasteiger partial charge in [-0.1, -0.05) is 6.07 Å². The Kier molecular flexibility index (Phi) is 4.90. The number of ether oxygens (including phenoxy) is 1. The van der Waals surface area contributed by atoms with Crippen molar-refractivity contribution < 1.29 is 9.53 Å². The molecule has 0 aliphatic rings. The van der Waals surface area contributed by atoms with Gasteiger partial charge in [0.25, 0.3) is 5.91 Å².